The average Bonchev–Trinajstić information content (AvgIpc) is 3.01. The molecule has 0 saturated carbocycles. The van der Waals surface area contributed by atoms with Gasteiger partial charge in [0, 0.05) is 6.04 Å². The van der Waals surface area contributed by atoms with Crippen molar-refractivity contribution < 1.29 is 0 Å². The first kappa shape index (κ1) is 13.3. The fourth-order valence-electron chi connectivity index (χ4n) is 2.68. The van der Waals surface area contributed by atoms with Crippen LogP contribution in [0.25, 0.3) is 0 Å². The highest BCUT2D eigenvalue weighted by atomic mass is 32.1. The van der Waals surface area contributed by atoms with Crippen LogP contribution >= 0.6 is 11.3 Å². The Labute approximate surface area is 123 Å². The maximum absolute atomic E-state index is 6.06. The summed E-state index contributed by atoms with van der Waals surface area (Å²) in [5.74, 6) is 0.594. The molecule has 2 heterocycles. The second-order valence-corrected chi connectivity index (χ2v) is 5.97. The smallest absolute Gasteiger partial charge is 0.141 e. The van der Waals surface area contributed by atoms with Gasteiger partial charge in [-0.2, -0.15) is 0 Å². The zero-order valence-corrected chi connectivity index (χ0v) is 12.4. The summed E-state index contributed by atoms with van der Waals surface area (Å²) in [6, 6.07) is 10.9. The maximum Gasteiger partial charge on any atom is 0.141 e. The Bertz CT molecular complexity index is 617. The molecule has 1 aromatic carbocycles. The van der Waals surface area contributed by atoms with Crippen LogP contribution in [0.3, 0.4) is 0 Å². The topological polar surface area (TPSA) is 50.4 Å². The van der Waals surface area contributed by atoms with E-state index in [1.54, 1.807) is 11.3 Å². The van der Waals surface area contributed by atoms with Gasteiger partial charge in [-0.1, -0.05) is 19.1 Å². The minimum Gasteiger partial charge on any atom is -0.383 e. The van der Waals surface area contributed by atoms with Gasteiger partial charge in [0.15, 0.2) is 0 Å². The number of hydrogen-bond donors (Lipinski definition) is 2. The van der Waals surface area contributed by atoms with Crippen molar-refractivity contribution in [1.82, 2.24) is 5.32 Å². The highest BCUT2D eigenvalue weighted by Gasteiger charge is 2.18. The van der Waals surface area contributed by atoms with E-state index >= 15 is 0 Å². The molecule has 1 aromatic heterocycles. The lowest BCUT2D eigenvalue weighted by Crippen LogP contribution is -2.29. The number of aliphatic imine (C=N–C) groups is 1. The zero-order valence-electron chi connectivity index (χ0n) is 11.6. The van der Waals surface area contributed by atoms with E-state index in [2.05, 4.69) is 35.4 Å². The van der Waals surface area contributed by atoms with Crippen molar-refractivity contribution in [2.75, 3.05) is 6.54 Å². The Hall–Kier alpha value is -1.65. The van der Waals surface area contributed by atoms with Gasteiger partial charge in [-0.25, -0.2) is 4.99 Å². The number of thiophene rings is 1. The molecule has 0 saturated heterocycles. The number of benzene rings is 1. The van der Waals surface area contributed by atoms with E-state index in [1.807, 2.05) is 17.5 Å². The van der Waals surface area contributed by atoms with Gasteiger partial charge < -0.3 is 11.1 Å². The summed E-state index contributed by atoms with van der Waals surface area (Å²) in [5, 5.41) is 5.57. The molecule has 1 aliphatic heterocycles. The Balaban J connectivity index is 1.94. The van der Waals surface area contributed by atoms with E-state index in [9.17, 15) is 0 Å². The summed E-state index contributed by atoms with van der Waals surface area (Å²) in [7, 11) is 0. The SMILES string of the molecule is CCC1NCCc2ccc(N=C(N)c3cccs3)cc21. The van der Waals surface area contributed by atoms with Crippen LogP contribution in [0.2, 0.25) is 0 Å². The van der Waals surface area contributed by atoms with Crippen molar-refractivity contribution in [3.8, 4) is 0 Å². The number of fused-ring (bicyclic) bond motifs is 1. The van der Waals surface area contributed by atoms with E-state index in [1.165, 1.54) is 11.1 Å². The van der Waals surface area contributed by atoms with Gasteiger partial charge in [-0.15, -0.1) is 11.3 Å². The third kappa shape index (κ3) is 2.62. The third-order valence-corrected chi connectivity index (χ3v) is 4.61. The second kappa shape index (κ2) is 5.77. The van der Waals surface area contributed by atoms with Crippen LogP contribution in [0.15, 0.2) is 40.7 Å². The van der Waals surface area contributed by atoms with E-state index in [4.69, 9.17) is 5.73 Å². The van der Waals surface area contributed by atoms with Crippen LogP contribution in [0, 0.1) is 0 Å². The van der Waals surface area contributed by atoms with Gasteiger partial charge in [0.2, 0.25) is 0 Å². The van der Waals surface area contributed by atoms with Crippen LogP contribution in [0.5, 0.6) is 0 Å². The van der Waals surface area contributed by atoms with Crippen molar-refractivity contribution in [3.63, 3.8) is 0 Å². The van der Waals surface area contributed by atoms with E-state index < -0.39 is 0 Å². The molecule has 1 atom stereocenters. The Morgan fingerprint density at radius 3 is 3.10 bits per heavy atom. The fourth-order valence-corrected chi connectivity index (χ4v) is 3.30. The molecule has 4 heteroatoms. The van der Waals surface area contributed by atoms with Crippen molar-refractivity contribution >= 4 is 22.9 Å². The molecule has 0 spiro atoms. The lowest BCUT2D eigenvalue weighted by molar-refractivity contribution is 0.493. The van der Waals surface area contributed by atoms with Crippen molar-refractivity contribution in [3.05, 3.63) is 51.7 Å². The van der Waals surface area contributed by atoms with Gasteiger partial charge in [0.25, 0.3) is 0 Å². The Morgan fingerprint density at radius 2 is 2.35 bits per heavy atom. The molecule has 0 fully saturated rings. The Morgan fingerprint density at radius 1 is 1.45 bits per heavy atom. The third-order valence-electron chi connectivity index (χ3n) is 3.72. The highest BCUT2D eigenvalue weighted by Crippen LogP contribution is 2.29. The predicted molar refractivity (Wildman–Crippen MR) is 85.9 cm³/mol. The molecule has 2 aromatic rings. The summed E-state index contributed by atoms with van der Waals surface area (Å²) < 4.78 is 0. The van der Waals surface area contributed by atoms with Gasteiger partial charge in [0.1, 0.15) is 5.84 Å². The predicted octanol–water partition coefficient (Wildman–Crippen LogP) is 3.38. The second-order valence-electron chi connectivity index (χ2n) is 5.02. The molecular formula is C16H19N3S. The summed E-state index contributed by atoms with van der Waals surface area (Å²) >= 11 is 1.62. The fraction of sp³-hybridized carbons (Fsp3) is 0.312. The standard InChI is InChI=1S/C16H19N3S/c1-2-14-13-10-12(6-5-11(13)7-8-18-14)19-16(17)15-4-3-9-20-15/h3-6,9-10,14,18H,2,7-8H2,1H3,(H2,17,19). The summed E-state index contributed by atoms with van der Waals surface area (Å²) in [5.41, 5.74) is 9.81. The minimum absolute atomic E-state index is 0.442. The van der Waals surface area contributed by atoms with Crippen molar-refractivity contribution in [2.24, 2.45) is 10.7 Å². The summed E-state index contributed by atoms with van der Waals surface area (Å²) in [4.78, 5) is 5.58. The molecule has 0 aliphatic carbocycles. The van der Waals surface area contributed by atoms with Crippen LogP contribution < -0.4 is 11.1 Å². The van der Waals surface area contributed by atoms with E-state index in [0.717, 1.165) is 30.0 Å². The van der Waals surface area contributed by atoms with Gasteiger partial charge in [0.05, 0.1) is 10.6 Å². The van der Waals surface area contributed by atoms with E-state index in [-0.39, 0.29) is 0 Å². The monoisotopic (exact) mass is 285 g/mol. The first-order valence-corrected chi connectivity index (χ1v) is 7.90. The molecular weight excluding hydrogens is 266 g/mol. The lowest BCUT2D eigenvalue weighted by Gasteiger charge is -2.26. The number of rotatable bonds is 3. The number of amidine groups is 1. The highest BCUT2D eigenvalue weighted by molar-refractivity contribution is 7.12. The number of hydrogen-bond acceptors (Lipinski definition) is 3. The van der Waals surface area contributed by atoms with Gasteiger partial charge in [-0.05, 0) is 54.1 Å². The molecule has 3 N–H and O–H groups in total. The van der Waals surface area contributed by atoms with Gasteiger partial charge >= 0.3 is 0 Å². The van der Waals surface area contributed by atoms with Crippen LogP contribution in [0.4, 0.5) is 5.69 Å². The number of nitrogens with two attached hydrogens (primary N) is 1. The summed E-state index contributed by atoms with van der Waals surface area (Å²) in [6.07, 6.45) is 2.19. The summed E-state index contributed by atoms with van der Waals surface area (Å²) in [6.45, 7) is 3.27. The molecule has 1 unspecified atom stereocenters. The average molecular weight is 285 g/mol. The number of nitrogens with one attached hydrogen (secondary N) is 1. The minimum atomic E-state index is 0.442. The first-order valence-electron chi connectivity index (χ1n) is 7.02. The molecule has 3 nitrogen and oxygen atoms in total. The molecule has 0 bridgehead atoms. The lowest BCUT2D eigenvalue weighted by atomic mass is 9.92. The quantitative estimate of drug-likeness (QED) is 0.671. The first-order chi connectivity index (χ1) is 9.78. The van der Waals surface area contributed by atoms with Crippen LogP contribution in [-0.4, -0.2) is 12.4 Å². The molecule has 1 aliphatic rings. The molecule has 20 heavy (non-hydrogen) atoms. The molecule has 0 amide bonds. The molecule has 104 valence electrons. The van der Waals surface area contributed by atoms with Crippen molar-refractivity contribution in [2.45, 2.75) is 25.8 Å². The Kier molecular flexibility index (Phi) is 3.85. The molecule has 3 rings (SSSR count). The van der Waals surface area contributed by atoms with Crippen LogP contribution in [0.1, 0.15) is 35.4 Å². The zero-order chi connectivity index (χ0) is 13.9. The van der Waals surface area contributed by atoms with Crippen LogP contribution in [-0.2, 0) is 6.42 Å². The maximum atomic E-state index is 6.06. The number of nitrogens with zero attached hydrogens (tertiary/aromatic N) is 1. The molecule has 0 radical (unpaired) electrons. The van der Waals surface area contributed by atoms with E-state index in [0.29, 0.717) is 11.9 Å². The van der Waals surface area contributed by atoms with Gasteiger partial charge in [-0.3, -0.25) is 0 Å². The normalized spacial score (nSPS) is 18.9. The van der Waals surface area contributed by atoms with Crippen molar-refractivity contribution in [1.29, 1.82) is 0 Å². The largest absolute Gasteiger partial charge is 0.383 e.